The maximum atomic E-state index is 12.3. The molecule has 1 N–H and O–H groups in total. The SMILES string of the molecule is Cc1cc2cc[nH]c2c(=O)n1-c1ccccc1. The molecule has 0 spiro atoms. The molecule has 0 saturated carbocycles. The highest BCUT2D eigenvalue weighted by atomic mass is 16.1. The number of para-hydroxylation sites is 1. The monoisotopic (exact) mass is 224 g/mol. The molecule has 17 heavy (non-hydrogen) atoms. The van der Waals surface area contributed by atoms with Gasteiger partial charge in [-0.25, -0.2) is 0 Å². The highest BCUT2D eigenvalue weighted by Gasteiger charge is 2.08. The molecule has 0 aliphatic heterocycles. The van der Waals surface area contributed by atoms with E-state index in [0.717, 1.165) is 16.8 Å². The molecule has 0 radical (unpaired) electrons. The highest BCUT2D eigenvalue weighted by molar-refractivity contribution is 5.79. The Kier molecular flexibility index (Phi) is 2.11. The minimum Gasteiger partial charge on any atom is -0.357 e. The molecule has 3 heteroatoms. The molecule has 3 rings (SSSR count). The maximum absolute atomic E-state index is 12.3. The molecule has 3 nitrogen and oxygen atoms in total. The first-order valence-electron chi connectivity index (χ1n) is 5.52. The van der Waals surface area contributed by atoms with Crippen LogP contribution in [0.25, 0.3) is 16.6 Å². The van der Waals surface area contributed by atoms with Crippen LogP contribution >= 0.6 is 0 Å². The molecular formula is C14H12N2O. The number of fused-ring (bicyclic) bond motifs is 1. The number of hydrogen-bond donors (Lipinski definition) is 1. The van der Waals surface area contributed by atoms with Crippen LogP contribution in [-0.4, -0.2) is 9.55 Å². The van der Waals surface area contributed by atoms with Gasteiger partial charge in [-0.15, -0.1) is 0 Å². The molecule has 0 atom stereocenters. The van der Waals surface area contributed by atoms with Crippen LogP contribution in [0.2, 0.25) is 0 Å². The zero-order valence-electron chi connectivity index (χ0n) is 9.47. The summed E-state index contributed by atoms with van der Waals surface area (Å²) in [4.78, 5) is 15.3. The van der Waals surface area contributed by atoms with Crippen LogP contribution in [-0.2, 0) is 0 Å². The molecular weight excluding hydrogens is 212 g/mol. The Morgan fingerprint density at radius 1 is 1.12 bits per heavy atom. The second kappa shape index (κ2) is 3.63. The number of hydrogen-bond acceptors (Lipinski definition) is 1. The van der Waals surface area contributed by atoms with Crippen molar-refractivity contribution < 1.29 is 0 Å². The lowest BCUT2D eigenvalue weighted by atomic mass is 10.2. The van der Waals surface area contributed by atoms with E-state index >= 15 is 0 Å². The van der Waals surface area contributed by atoms with Gasteiger partial charge in [0.1, 0.15) is 5.52 Å². The number of rotatable bonds is 1. The minimum atomic E-state index is -0.00352. The van der Waals surface area contributed by atoms with Gasteiger partial charge in [-0.3, -0.25) is 9.36 Å². The number of aryl methyl sites for hydroxylation is 1. The first-order valence-corrected chi connectivity index (χ1v) is 5.52. The third kappa shape index (κ3) is 1.47. The van der Waals surface area contributed by atoms with Gasteiger partial charge >= 0.3 is 0 Å². The molecule has 1 aromatic carbocycles. The molecule has 3 aromatic rings. The molecule has 2 aromatic heterocycles. The quantitative estimate of drug-likeness (QED) is 0.678. The number of H-pyrrole nitrogens is 1. The van der Waals surface area contributed by atoms with Gasteiger partial charge in [-0.1, -0.05) is 18.2 Å². The Bertz CT molecular complexity index is 723. The van der Waals surface area contributed by atoms with Crippen LogP contribution in [0, 0.1) is 6.92 Å². The first kappa shape index (κ1) is 9.90. The van der Waals surface area contributed by atoms with Crippen molar-refractivity contribution in [1.82, 2.24) is 9.55 Å². The van der Waals surface area contributed by atoms with E-state index in [0.29, 0.717) is 5.52 Å². The predicted molar refractivity (Wildman–Crippen MR) is 68.6 cm³/mol. The molecule has 0 amide bonds. The second-order valence-corrected chi connectivity index (χ2v) is 4.07. The summed E-state index contributed by atoms with van der Waals surface area (Å²) in [7, 11) is 0. The van der Waals surface area contributed by atoms with Crippen LogP contribution in [0.1, 0.15) is 5.69 Å². The Morgan fingerprint density at radius 3 is 2.65 bits per heavy atom. The van der Waals surface area contributed by atoms with Gasteiger partial charge in [0.2, 0.25) is 0 Å². The van der Waals surface area contributed by atoms with Crippen LogP contribution in [0.3, 0.4) is 0 Å². The number of aromatic amines is 1. The van der Waals surface area contributed by atoms with Crippen molar-refractivity contribution in [3.8, 4) is 5.69 Å². The van der Waals surface area contributed by atoms with E-state index in [4.69, 9.17) is 0 Å². The van der Waals surface area contributed by atoms with E-state index in [-0.39, 0.29) is 5.56 Å². The fourth-order valence-electron chi connectivity index (χ4n) is 2.15. The van der Waals surface area contributed by atoms with E-state index in [2.05, 4.69) is 4.98 Å². The number of nitrogens with one attached hydrogen (secondary N) is 1. The van der Waals surface area contributed by atoms with Gasteiger partial charge < -0.3 is 4.98 Å². The Labute approximate surface area is 98.3 Å². The number of benzene rings is 1. The van der Waals surface area contributed by atoms with Gasteiger partial charge in [0.05, 0.1) is 0 Å². The van der Waals surface area contributed by atoms with E-state index in [1.165, 1.54) is 0 Å². The summed E-state index contributed by atoms with van der Waals surface area (Å²) in [6, 6.07) is 13.6. The van der Waals surface area contributed by atoms with Gasteiger partial charge in [0.15, 0.2) is 0 Å². The summed E-state index contributed by atoms with van der Waals surface area (Å²) in [5.74, 6) is 0. The van der Waals surface area contributed by atoms with E-state index < -0.39 is 0 Å². The molecule has 2 heterocycles. The van der Waals surface area contributed by atoms with Crippen LogP contribution in [0.4, 0.5) is 0 Å². The summed E-state index contributed by atoms with van der Waals surface area (Å²) in [6.45, 7) is 1.95. The number of nitrogens with zero attached hydrogens (tertiary/aromatic N) is 1. The Hall–Kier alpha value is -2.29. The van der Waals surface area contributed by atoms with Crippen LogP contribution in [0.15, 0.2) is 53.5 Å². The molecule has 0 bridgehead atoms. The standard InChI is InChI=1S/C14H12N2O/c1-10-9-11-7-8-15-13(11)14(17)16(10)12-5-3-2-4-6-12/h2-9,15H,1H3. The van der Waals surface area contributed by atoms with Gasteiger partial charge in [-0.05, 0) is 31.2 Å². The third-order valence-electron chi connectivity index (χ3n) is 2.93. The van der Waals surface area contributed by atoms with Gasteiger partial charge in [-0.2, -0.15) is 0 Å². The van der Waals surface area contributed by atoms with Crippen molar-refractivity contribution in [3.05, 3.63) is 64.7 Å². The largest absolute Gasteiger partial charge is 0.357 e. The molecule has 0 fully saturated rings. The second-order valence-electron chi connectivity index (χ2n) is 4.07. The summed E-state index contributed by atoms with van der Waals surface area (Å²) in [5.41, 5.74) is 2.48. The molecule has 84 valence electrons. The number of aromatic nitrogens is 2. The third-order valence-corrected chi connectivity index (χ3v) is 2.93. The lowest BCUT2D eigenvalue weighted by Gasteiger charge is -2.09. The topological polar surface area (TPSA) is 37.8 Å². The average Bonchev–Trinajstić information content (AvgIpc) is 2.78. The fourth-order valence-corrected chi connectivity index (χ4v) is 2.15. The van der Waals surface area contributed by atoms with Crippen molar-refractivity contribution in [2.24, 2.45) is 0 Å². The Morgan fingerprint density at radius 2 is 1.88 bits per heavy atom. The smallest absolute Gasteiger partial charge is 0.279 e. The van der Waals surface area contributed by atoms with Crippen molar-refractivity contribution in [2.45, 2.75) is 6.92 Å². The lowest BCUT2D eigenvalue weighted by Crippen LogP contribution is -2.20. The minimum absolute atomic E-state index is 0.00352. The van der Waals surface area contributed by atoms with Crippen LogP contribution < -0.4 is 5.56 Å². The summed E-state index contributed by atoms with van der Waals surface area (Å²) < 4.78 is 1.72. The van der Waals surface area contributed by atoms with Gasteiger partial charge in [0.25, 0.3) is 5.56 Å². The van der Waals surface area contributed by atoms with Gasteiger partial charge in [0, 0.05) is 23.0 Å². The average molecular weight is 224 g/mol. The van der Waals surface area contributed by atoms with Crippen molar-refractivity contribution >= 4 is 10.9 Å². The zero-order valence-corrected chi connectivity index (χ0v) is 9.47. The maximum Gasteiger partial charge on any atom is 0.279 e. The highest BCUT2D eigenvalue weighted by Crippen LogP contribution is 2.14. The molecule has 0 aliphatic carbocycles. The van der Waals surface area contributed by atoms with E-state index in [1.54, 1.807) is 10.8 Å². The summed E-state index contributed by atoms with van der Waals surface area (Å²) in [6.07, 6.45) is 1.79. The van der Waals surface area contributed by atoms with Crippen molar-refractivity contribution in [3.63, 3.8) is 0 Å². The van der Waals surface area contributed by atoms with Crippen molar-refractivity contribution in [2.75, 3.05) is 0 Å². The Balaban J connectivity index is 2.40. The normalized spacial score (nSPS) is 10.9. The fraction of sp³-hybridized carbons (Fsp3) is 0.0714. The molecule has 0 unspecified atom stereocenters. The zero-order chi connectivity index (χ0) is 11.8. The molecule has 0 saturated heterocycles. The summed E-state index contributed by atoms with van der Waals surface area (Å²) in [5, 5.41) is 0.958. The van der Waals surface area contributed by atoms with E-state index in [9.17, 15) is 4.79 Å². The lowest BCUT2D eigenvalue weighted by molar-refractivity contribution is 0.947. The predicted octanol–water partition coefficient (Wildman–Crippen LogP) is 2.63. The van der Waals surface area contributed by atoms with Crippen LogP contribution in [0.5, 0.6) is 0 Å². The molecule has 0 aliphatic rings. The van der Waals surface area contributed by atoms with Crippen molar-refractivity contribution in [1.29, 1.82) is 0 Å². The first-order chi connectivity index (χ1) is 8.27. The summed E-state index contributed by atoms with van der Waals surface area (Å²) >= 11 is 0. The number of pyridine rings is 1. The van der Waals surface area contributed by atoms with E-state index in [1.807, 2.05) is 49.4 Å².